The number of halogens is 8. The molecule has 0 fully saturated rings. The van der Waals surface area contributed by atoms with Crippen LogP contribution in [0.3, 0.4) is 0 Å². The predicted octanol–water partition coefficient (Wildman–Crippen LogP) is 15.5. The molecule has 0 aromatic heterocycles. The van der Waals surface area contributed by atoms with E-state index < -0.39 is 26.5 Å². The largest absolute Gasteiger partial charge is 0.214 e. The third-order valence-electron chi connectivity index (χ3n) is 8.14. The van der Waals surface area contributed by atoms with Gasteiger partial charge in [-0.1, -0.05) is 76.9 Å². The maximum Gasteiger partial charge on any atom is -0.172 e. The monoisotopic (exact) mass is 900 g/mol. The smallest absolute Gasteiger partial charge is 0.172 e. The molecule has 0 saturated carbocycles. The molecule has 0 bridgehead atoms. The van der Waals surface area contributed by atoms with E-state index in [4.69, 9.17) is 86.6 Å². The molecule has 0 saturated heterocycles. The van der Waals surface area contributed by atoms with Gasteiger partial charge in [0.1, 0.15) is 0 Å². The van der Waals surface area contributed by atoms with Crippen LogP contribution in [0.2, 0.25) is 0 Å². The Kier molecular flexibility index (Phi) is 14.3. The van der Waals surface area contributed by atoms with Crippen molar-refractivity contribution in [3.05, 3.63) is 155 Å². The molecule has 0 heterocycles. The van der Waals surface area contributed by atoms with Crippen molar-refractivity contribution in [3.63, 3.8) is 0 Å². The van der Waals surface area contributed by atoms with Gasteiger partial charge in [-0.2, -0.15) is 18.2 Å². The molecule has 0 aliphatic rings. The molecule has 0 amide bonds. The average molecular weight is 906 g/mol. The maximum absolute atomic E-state index is 6.37. The Bertz CT molecular complexity index is 1910. The van der Waals surface area contributed by atoms with Crippen LogP contribution in [0, 0.1) is 0 Å². The molecule has 0 nitrogen and oxygen atoms in total. The van der Waals surface area contributed by atoms with Crippen LogP contribution in [0.25, 0.3) is 21.5 Å². The van der Waals surface area contributed by atoms with E-state index in [-0.39, 0.29) is 10.8 Å². The third kappa shape index (κ3) is 11.3. The molecule has 0 radical (unpaired) electrons. The van der Waals surface area contributed by atoms with E-state index in [1.165, 1.54) is 32.7 Å². The van der Waals surface area contributed by atoms with Crippen molar-refractivity contribution in [1.29, 1.82) is 0 Å². The molecule has 9 heteroatoms. The van der Waals surface area contributed by atoms with Gasteiger partial charge in [-0.05, 0) is 10.8 Å². The summed E-state index contributed by atoms with van der Waals surface area (Å²) in [6.45, 7) is 13.7. The van der Waals surface area contributed by atoms with E-state index in [0.29, 0.717) is 11.1 Å². The first-order chi connectivity index (χ1) is 23.2. The second-order valence-corrected chi connectivity index (χ2v) is 26.7. The van der Waals surface area contributed by atoms with Crippen LogP contribution in [-0.4, -0.2) is 3.21 Å². The van der Waals surface area contributed by atoms with Crippen molar-refractivity contribution in [2.24, 2.45) is 0 Å². The normalized spacial score (nSPS) is 12.2. The molecular formula is C41H38Cl8Zr-2. The van der Waals surface area contributed by atoms with E-state index in [2.05, 4.69) is 84.0 Å². The summed E-state index contributed by atoms with van der Waals surface area (Å²) in [4.78, 5) is 0. The number of rotatable bonds is 2. The van der Waals surface area contributed by atoms with Gasteiger partial charge in [0.25, 0.3) is 0 Å². The van der Waals surface area contributed by atoms with Gasteiger partial charge >= 0.3 is 187 Å². The molecule has 0 aliphatic heterocycles. The summed E-state index contributed by atoms with van der Waals surface area (Å²) < 4.78 is -2.27. The first-order valence-electron chi connectivity index (χ1n) is 15.9. The van der Waals surface area contributed by atoms with Crippen LogP contribution in [0.4, 0.5) is 0 Å². The molecule has 0 unspecified atom stereocenters. The number of fused-ring (bicyclic) bond motifs is 3. The summed E-state index contributed by atoms with van der Waals surface area (Å²) in [5.41, 5.74) is 5.83. The molecule has 0 aliphatic carbocycles. The molecule has 50 heavy (non-hydrogen) atoms. The Morgan fingerprint density at radius 1 is 0.500 bits per heavy atom. The molecular weight excluding hydrogens is 867 g/mol. The summed E-state index contributed by atoms with van der Waals surface area (Å²) in [6, 6.07) is 40.4. The quantitative estimate of drug-likeness (QED) is 0.120. The minimum Gasteiger partial charge on any atom is -0.214 e. The van der Waals surface area contributed by atoms with Gasteiger partial charge in [0.05, 0.1) is 0 Å². The van der Waals surface area contributed by atoms with Gasteiger partial charge in [0, 0.05) is 0 Å². The van der Waals surface area contributed by atoms with Gasteiger partial charge < -0.3 is 0 Å². The summed E-state index contributed by atoms with van der Waals surface area (Å²) in [7, 11) is 12.7. The second-order valence-electron chi connectivity index (χ2n) is 14.0. The molecule has 0 spiro atoms. The molecule has 6 aromatic carbocycles. The molecule has 0 atom stereocenters. The van der Waals surface area contributed by atoms with Crippen molar-refractivity contribution in [3.8, 4) is 0 Å². The first-order valence-corrected chi connectivity index (χ1v) is 25.7. The van der Waals surface area contributed by atoms with Crippen LogP contribution >= 0.6 is 86.6 Å². The predicted molar refractivity (Wildman–Crippen MR) is 223 cm³/mol. The van der Waals surface area contributed by atoms with Gasteiger partial charge in [0.2, 0.25) is 0 Å². The van der Waals surface area contributed by atoms with Gasteiger partial charge in [-0.3, -0.25) is 0 Å². The Morgan fingerprint density at radius 2 is 0.900 bits per heavy atom. The summed E-state index contributed by atoms with van der Waals surface area (Å²) in [5.74, 6) is 0. The summed E-state index contributed by atoms with van der Waals surface area (Å²) in [6.07, 6.45) is 0. The average Bonchev–Trinajstić information content (AvgIpc) is 3.72. The summed E-state index contributed by atoms with van der Waals surface area (Å²) in [5, 5.41) is 5.49. The molecule has 264 valence electrons. The molecule has 0 N–H and O–H groups in total. The Labute approximate surface area is 341 Å². The Morgan fingerprint density at radius 3 is 1.20 bits per heavy atom. The first kappa shape index (κ1) is 41.9. The van der Waals surface area contributed by atoms with Crippen LogP contribution in [0.5, 0.6) is 0 Å². The van der Waals surface area contributed by atoms with Crippen LogP contribution in [-0.2, 0) is 37.3 Å². The fourth-order valence-corrected chi connectivity index (χ4v) is 10.5. The minimum absolute atomic E-state index is 0.194. The maximum atomic E-state index is 6.37. The standard InChI is InChI=1S/C21H25.C15H8Cl6.C5H5.2ClH.Zr/c1-20(2,3)16-9-7-14-11-15-8-10-17(21(4,5)6)13-19(15)18(14)12-16;16-14(17,18)12-5-1-3-10(8-12)7-11-4-2-6-13(9-11)15(19,20)21;1-2-4-5-3-1;;;/h7-13H,1-6H3;1-6,8-9H;1-5H;2*1H;/q-1;;-1;;;+2/p-2. The number of alkyl halides is 6. The third-order valence-corrected chi connectivity index (χ3v) is 14.0. The minimum atomic E-state index is -2.89. The van der Waals surface area contributed by atoms with Gasteiger partial charge in [-0.25, -0.2) is 12.1 Å². The number of benzene rings is 4. The molecule has 6 rings (SSSR count). The van der Waals surface area contributed by atoms with Crippen LogP contribution in [0.1, 0.15) is 74.9 Å². The topological polar surface area (TPSA) is 0 Å². The van der Waals surface area contributed by atoms with Crippen molar-refractivity contribution in [1.82, 2.24) is 0 Å². The van der Waals surface area contributed by atoms with E-state index in [9.17, 15) is 0 Å². The van der Waals surface area contributed by atoms with E-state index in [1.807, 2.05) is 42.5 Å². The fourth-order valence-electron chi connectivity index (χ4n) is 5.34. The van der Waals surface area contributed by atoms with E-state index in [0.717, 1.165) is 14.3 Å². The SMILES string of the molecule is CC(C)(C)c1ccc2[cH-]c3ccc(C(C)(C)C)cc3c2c1.[Cl][Zr]([Cl])=[C](c1cccc(C(Cl)(Cl)Cl)c1)c1cccc(C(Cl)(Cl)Cl)c1.c1cc[cH-]c1. The zero-order valence-corrected chi connectivity index (χ0v) is 37.1. The van der Waals surface area contributed by atoms with Crippen LogP contribution in [0.15, 0.2) is 121 Å². The van der Waals surface area contributed by atoms with Gasteiger partial charge in [0.15, 0.2) is 0 Å². The Hall–Kier alpha value is -0.827. The van der Waals surface area contributed by atoms with E-state index in [1.54, 1.807) is 36.4 Å². The van der Waals surface area contributed by atoms with Crippen molar-refractivity contribution < 1.29 is 18.9 Å². The van der Waals surface area contributed by atoms with Crippen LogP contribution < -0.4 is 0 Å². The Balaban J connectivity index is 0.000000198. The zero-order valence-electron chi connectivity index (χ0n) is 28.6. The zero-order chi connectivity index (χ0) is 37.1. The second kappa shape index (κ2) is 17.1. The molecule has 6 aromatic rings. The van der Waals surface area contributed by atoms with Crippen molar-refractivity contribution >= 4 is 111 Å². The fraction of sp³-hybridized carbons (Fsp3) is 0.244. The number of hydrogen-bond acceptors (Lipinski definition) is 0. The van der Waals surface area contributed by atoms with E-state index >= 15 is 0 Å². The number of hydrogen-bond donors (Lipinski definition) is 0. The van der Waals surface area contributed by atoms with Crippen molar-refractivity contribution in [2.45, 2.75) is 60.0 Å². The summed E-state index contributed by atoms with van der Waals surface area (Å²) >= 11 is 32.9. The van der Waals surface area contributed by atoms with Gasteiger partial charge in [-0.15, -0.1) is 39.7 Å². The van der Waals surface area contributed by atoms with Crippen molar-refractivity contribution in [2.75, 3.05) is 0 Å².